The van der Waals surface area contributed by atoms with Crippen molar-refractivity contribution in [3.8, 4) is 5.75 Å². The summed E-state index contributed by atoms with van der Waals surface area (Å²) in [4.78, 5) is 12.6. The van der Waals surface area contributed by atoms with E-state index < -0.39 is 22.0 Å². The molecule has 8 heteroatoms. The SMILES string of the molecule is CCOc1ccc(N([C@H](C)C(=O)N/N=C(/C)c2ccccc2)S(C)(=O)=O)cc1. The van der Waals surface area contributed by atoms with Gasteiger partial charge >= 0.3 is 0 Å². The van der Waals surface area contributed by atoms with Crippen LogP contribution in [0.5, 0.6) is 5.75 Å². The Bertz CT molecular complexity index is 926. The highest BCUT2D eigenvalue weighted by molar-refractivity contribution is 7.92. The van der Waals surface area contributed by atoms with Crippen LogP contribution in [-0.4, -0.2) is 38.9 Å². The van der Waals surface area contributed by atoms with Crippen molar-refractivity contribution >= 4 is 27.3 Å². The summed E-state index contributed by atoms with van der Waals surface area (Å²) < 4.78 is 31.1. The minimum absolute atomic E-state index is 0.373. The van der Waals surface area contributed by atoms with E-state index in [1.807, 2.05) is 37.3 Å². The van der Waals surface area contributed by atoms with E-state index in [1.165, 1.54) is 6.92 Å². The molecule has 7 nitrogen and oxygen atoms in total. The number of ether oxygens (including phenoxy) is 1. The summed E-state index contributed by atoms with van der Waals surface area (Å²) in [5, 5.41) is 4.09. The number of rotatable bonds is 8. The van der Waals surface area contributed by atoms with Gasteiger partial charge in [0.25, 0.3) is 5.91 Å². The van der Waals surface area contributed by atoms with Crippen molar-refractivity contribution in [1.29, 1.82) is 0 Å². The van der Waals surface area contributed by atoms with Gasteiger partial charge < -0.3 is 4.74 Å². The number of anilines is 1. The Kier molecular flexibility index (Phi) is 7.17. The Morgan fingerprint density at radius 3 is 2.29 bits per heavy atom. The molecular formula is C20H25N3O4S. The first-order valence-electron chi connectivity index (χ1n) is 8.86. The number of benzene rings is 2. The first-order chi connectivity index (χ1) is 13.2. The van der Waals surface area contributed by atoms with E-state index in [0.717, 1.165) is 16.1 Å². The van der Waals surface area contributed by atoms with E-state index in [2.05, 4.69) is 10.5 Å². The fourth-order valence-electron chi connectivity index (χ4n) is 2.64. The smallest absolute Gasteiger partial charge is 0.263 e. The molecule has 0 aliphatic carbocycles. The number of hydrogen-bond donors (Lipinski definition) is 1. The average molecular weight is 404 g/mol. The lowest BCUT2D eigenvalue weighted by atomic mass is 10.1. The van der Waals surface area contributed by atoms with Crippen LogP contribution in [-0.2, 0) is 14.8 Å². The van der Waals surface area contributed by atoms with Crippen molar-refractivity contribution in [1.82, 2.24) is 5.43 Å². The fraction of sp³-hybridized carbons (Fsp3) is 0.300. The molecule has 1 atom stereocenters. The molecule has 0 saturated carbocycles. The number of sulfonamides is 1. The highest BCUT2D eigenvalue weighted by Gasteiger charge is 2.29. The van der Waals surface area contributed by atoms with Gasteiger partial charge in [0.2, 0.25) is 10.0 Å². The molecule has 1 N–H and O–H groups in total. The summed E-state index contributed by atoms with van der Waals surface area (Å²) in [7, 11) is -3.69. The quantitative estimate of drug-likeness (QED) is 0.542. The maximum absolute atomic E-state index is 12.6. The number of hydrogen-bond acceptors (Lipinski definition) is 5. The maximum Gasteiger partial charge on any atom is 0.263 e. The summed E-state index contributed by atoms with van der Waals surface area (Å²) in [5.74, 6) is 0.0921. The number of amides is 1. The van der Waals surface area contributed by atoms with E-state index >= 15 is 0 Å². The van der Waals surface area contributed by atoms with Gasteiger partial charge in [-0.2, -0.15) is 5.10 Å². The molecule has 0 bridgehead atoms. The molecule has 0 unspecified atom stereocenters. The second-order valence-electron chi connectivity index (χ2n) is 6.20. The summed E-state index contributed by atoms with van der Waals surface area (Å²) in [6.07, 6.45) is 1.06. The molecule has 0 aliphatic rings. The zero-order valence-corrected chi connectivity index (χ0v) is 17.2. The molecule has 150 valence electrons. The summed E-state index contributed by atoms with van der Waals surface area (Å²) >= 11 is 0. The predicted molar refractivity (Wildman–Crippen MR) is 111 cm³/mol. The first kappa shape index (κ1) is 21.4. The number of nitrogens with zero attached hydrogens (tertiary/aromatic N) is 2. The Labute approximate surface area is 166 Å². The number of carbonyl (C=O) groups excluding carboxylic acids is 1. The molecule has 0 heterocycles. The Morgan fingerprint density at radius 1 is 1.14 bits per heavy atom. The van der Waals surface area contributed by atoms with Gasteiger partial charge in [0, 0.05) is 0 Å². The first-order valence-corrected chi connectivity index (χ1v) is 10.7. The minimum atomic E-state index is -3.69. The second-order valence-corrected chi connectivity index (χ2v) is 8.06. The van der Waals surface area contributed by atoms with Gasteiger partial charge in [-0.15, -0.1) is 0 Å². The van der Waals surface area contributed by atoms with Crippen LogP contribution >= 0.6 is 0 Å². The molecule has 0 saturated heterocycles. The van der Waals surface area contributed by atoms with Gasteiger partial charge in [0.15, 0.2) is 0 Å². The summed E-state index contributed by atoms with van der Waals surface area (Å²) in [6, 6.07) is 14.9. The Balaban J connectivity index is 2.20. The Hall–Kier alpha value is -2.87. The van der Waals surface area contributed by atoms with Crippen molar-refractivity contribution in [3.63, 3.8) is 0 Å². The molecular weight excluding hydrogens is 378 g/mol. The van der Waals surface area contributed by atoms with Crippen molar-refractivity contribution < 1.29 is 17.9 Å². The van der Waals surface area contributed by atoms with Crippen LogP contribution in [0.25, 0.3) is 0 Å². The normalized spacial score (nSPS) is 12.9. The molecule has 2 aromatic carbocycles. The molecule has 28 heavy (non-hydrogen) atoms. The van der Waals surface area contributed by atoms with Gasteiger partial charge in [-0.3, -0.25) is 9.10 Å². The molecule has 0 radical (unpaired) electrons. The lowest BCUT2D eigenvalue weighted by Gasteiger charge is -2.27. The molecule has 2 rings (SSSR count). The van der Waals surface area contributed by atoms with Crippen molar-refractivity contribution in [2.75, 3.05) is 17.2 Å². The van der Waals surface area contributed by atoms with Crippen molar-refractivity contribution in [2.45, 2.75) is 26.8 Å². The van der Waals surface area contributed by atoms with E-state index in [0.29, 0.717) is 23.8 Å². The van der Waals surface area contributed by atoms with Gasteiger partial charge in [0.1, 0.15) is 11.8 Å². The molecule has 0 fully saturated rings. The highest BCUT2D eigenvalue weighted by Crippen LogP contribution is 2.24. The molecule has 0 aromatic heterocycles. The lowest BCUT2D eigenvalue weighted by molar-refractivity contribution is -0.121. The third-order valence-electron chi connectivity index (χ3n) is 4.02. The molecule has 0 spiro atoms. The van der Waals surface area contributed by atoms with Crippen molar-refractivity contribution in [3.05, 3.63) is 60.2 Å². The topological polar surface area (TPSA) is 88.1 Å². The van der Waals surface area contributed by atoms with Crippen LogP contribution in [0.1, 0.15) is 26.3 Å². The average Bonchev–Trinajstić information content (AvgIpc) is 2.67. The number of hydrazone groups is 1. The molecule has 0 aliphatic heterocycles. The van der Waals surface area contributed by atoms with E-state index in [4.69, 9.17) is 4.74 Å². The predicted octanol–water partition coefficient (Wildman–Crippen LogP) is 2.78. The van der Waals surface area contributed by atoms with Crippen LogP contribution in [0.4, 0.5) is 5.69 Å². The van der Waals surface area contributed by atoms with E-state index in [-0.39, 0.29) is 0 Å². The number of nitrogens with one attached hydrogen (secondary N) is 1. The lowest BCUT2D eigenvalue weighted by Crippen LogP contribution is -2.46. The second kappa shape index (κ2) is 9.36. The third-order valence-corrected chi connectivity index (χ3v) is 5.26. The largest absolute Gasteiger partial charge is 0.494 e. The van der Waals surface area contributed by atoms with E-state index in [9.17, 15) is 13.2 Å². The van der Waals surface area contributed by atoms with Crippen LogP contribution in [0.2, 0.25) is 0 Å². The standard InChI is InChI=1S/C20H25N3O4S/c1-5-27-19-13-11-18(12-14-19)23(28(4,25)26)16(3)20(24)22-21-15(2)17-9-7-6-8-10-17/h6-14,16H,5H2,1-4H3,(H,22,24)/b21-15-/t16-/m1/s1. The fourth-order valence-corrected chi connectivity index (χ4v) is 3.82. The monoisotopic (exact) mass is 403 g/mol. The zero-order chi connectivity index (χ0) is 20.7. The number of carbonyl (C=O) groups is 1. The Morgan fingerprint density at radius 2 is 1.75 bits per heavy atom. The summed E-state index contributed by atoms with van der Waals surface area (Å²) in [6.45, 7) is 5.65. The van der Waals surface area contributed by atoms with Crippen LogP contribution in [0.15, 0.2) is 59.7 Å². The maximum atomic E-state index is 12.6. The van der Waals surface area contributed by atoms with Gasteiger partial charge in [-0.1, -0.05) is 30.3 Å². The highest BCUT2D eigenvalue weighted by atomic mass is 32.2. The van der Waals surface area contributed by atoms with Gasteiger partial charge in [-0.25, -0.2) is 13.8 Å². The summed E-state index contributed by atoms with van der Waals surface area (Å²) in [5.41, 5.74) is 4.31. The van der Waals surface area contributed by atoms with E-state index in [1.54, 1.807) is 31.2 Å². The molecule has 1 amide bonds. The van der Waals surface area contributed by atoms with Crippen LogP contribution in [0, 0.1) is 0 Å². The van der Waals surface area contributed by atoms with Crippen molar-refractivity contribution in [2.24, 2.45) is 5.10 Å². The van der Waals surface area contributed by atoms with Crippen LogP contribution in [0.3, 0.4) is 0 Å². The third kappa shape index (κ3) is 5.56. The van der Waals surface area contributed by atoms with Crippen LogP contribution < -0.4 is 14.5 Å². The minimum Gasteiger partial charge on any atom is -0.494 e. The zero-order valence-electron chi connectivity index (χ0n) is 16.4. The van der Waals surface area contributed by atoms with Gasteiger partial charge in [-0.05, 0) is 50.6 Å². The molecule has 2 aromatic rings. The van der Waals surface area contributed by atoms with Gasteiger partial charge in [0.05, 0.1) is 24.3 Å².